The predicted molar refractivity (Wildman–Crippen MR) is 128 cm³/mol. The Kier molecular flexibility index (Phi) is 10.6. The molecule has 2 aromatic carbocycles. The predicted octanol–water partition coefficient (Wildman–Crippen LogP) is 5.96. The van der Waals surface area contributed by atoms with Crippen molar-refractivity contribution < 1.29 is 14.6 Å². The topological polar surface area (TPSA) is 50.7 Å². The molecule has 4 nitrogen and oxygen atoms in total. The van der Waals surface area contributed by atoms with Gasteiger partial charge in [-0.3, -0.25) is 0 Å². The van der Waals surface area contributed by atoms with Crippen molar-refractivity contribution in [1.82, 2.24) is 5.32 Å². The van der Waals surface area contributed by atoms with E-state index in [2.05, 4.69) is 29.6 Å². The van der Waals surface area contributed by atoms with Crippen LogP contribution in [0.2, 0.25) is 0 Å². The molecule has 4 heteroatoms. The largest absolute Gasteiger partial charge is 0.457 e. The van der Waals surface area contributed by atoms with Crippen LogP contribution in [0.4, 0.5) is 0 Å². The summed E-state index contributed by atoms with van der Waals surface area (Å²) < 4.78 is 11.5. The summed E-state index contributed by atoms with van der Waals surface area (Å²) in [5.74, 6) is 1.73. The van der Waals surface area contributed by atoms with Crippen LogP contribution in [0.25, 0.3) is 6.08 Å². The minimum atomic E-state index is -0.191. The van der Waals surface area contributed by atoms with Gasteiger partial charge in [-0.15, -0.1) is 0 Å². The number of hydrogen-bond donors (Lipinski definition) is 2. The zero-order chi connectivity index (χ0) is 21.6. The average Bonchev–Trinajstić information content (AvgIpc) is 3.21. The van der Waals surface area contributed by atoms with Crippen LogP contribution < -0.4 is 10.1 Å². The number of rotatable bonds is 14. The molecule has 0 amide bonds. The number of β-amino-alcohol motifs (C(OH)–C–C–N with tert-alkyl or cyclic N) is 1. The Labute approximate surface area is 187 Å². The second-order valence-corrected chi connectivity index (χ2v) is 8.37. The maximum absolute atomic E-state index is 9.46. The molecule has 1 aliphatic heterocycles. The number of allylic oxidation sites excluding steroid dienone is 1. The molecule has 1 heterocycles. The van der Waals surface area contributed by atoms with Crippen molar-refractivity contribution in [1.29, 1.82) is 0 Å². The number of unbranched alkanes of at least 4 members (excludes halogenated alkanes) is 6. The van der Waals surface area contributed by atoms with Crippen molar-refractivity contribution in [3.63, 3.8) is 0 Å². The molecular weight excluding hydrogens is 386 g/mol. The minimum Gasteiger partial charge on any atom is -0.457 e. The molecular formula is C27H37NO3. The van der Waals surface area contributed by atoms with E-state index >= 15 is 0 Å². The number of aliphatic hydroxyl groups excluding tert-OH is 1. The van der Waals surface area contributed by atoms with E-state index < -0.39 is 0 Å². The van der Waals surface area contributed by atoms with Gasteiger partial charge in [0.1, 0.15) is 11.5 Å². The van der Waals surface area contributed by atoms with Crippen LogP contribution in [0.15, 0.2) is 60.7 Å². The fourth-order valence-electron chi connectivity index (χ4n) is 3.81. The number of benzene rings is 2. The molecule has 2 atom stereocenters. The first-order valence-electron chi connectivity index (χ1n) is 11.8. The summed E-state index contributed by atoms with van der Waals surface area (Å²) in [6, 6.07) is 18.4. The summed E-state index contributed by atoms with van der Waals surface area (Å²) in [7, 11) is 0. The van der Waals surface area contributed by atoms with Gasteiger partial charge in [-0.2, -0.15) is 0 Å². The van der Waals surface area contributed by atoms with Gasteiger partial charge in [0, 0.05) is 19.2 Å². The lowest BCUT2D eigenvalue weighted by atomic mass is 10.1. The fourth-order valence-corrected chi connectivity index (χ4v) is 3.81. The van der Waals surface area contributed by atoms with E-state index in [1.54, 1.807) is 0 Å². The molecule has 1 fully saturated rings. The highest BCUT2D eigenvalue weighted by Crippen LogP contribution is 2.21. The van der Waals surface area contributed by atoms with Gasteiger partial charge in [0.15, 0.2) is 0 Å². The van der Waals surface area contributed by atoms with E-state index in [1.165, 1.54) is 37.7 Å². The van der Waals surface area contributed by atoms with E-state index in [-0.39, 0.29) is 6.10 Å². The van der Waals surface area contributed by atoms with Gasteiger partial charge in [0.25, 0.3) is 0 Å². The monoisotopic (exact) mass is 423 g/mol. The lowest BCUT2D eigenvalue weighted by Gasteiger charge is -2.10. The Bertz CT molecular complexity index is 745. The SMILES string of the molecule is O[C@H]1CN[C@H](COCCCCCCCC/C=C/c2ccc(Oc3ccccc3)cc2)C1. The van der Waals surface area contributed by atoms with Gasteiger partial charge in [0.05, 0.1) is 12.7 Å². The van der Waals surface area contributed by atoms with E-state index in [1.807, 2.05) is 42.5 Å². The first-order valence-corrected chi connectivity index (χ1v) is 11.8. The Morgan fingerprint density at radius 3 is 2.32 bits per heavy atom. The van der Waals surface area contributed by atoms with Gasteiger partial charge in [0.2, 0.25) is 0 Å². The molecule has 0 saturated carbocycles. The second-order valence-electron chi connectivity index (χ2n) is 8.37. The average molecular weight is 424 g/mol. The van der Waals surface area contributed by atoms with Gasteiger partial charge >= 0.3 is 0 Å². The number of aliphatic hydroxyl groups is 1. The summed E-state index contributed by atoms with van der Waals surface area (Å²) in [4.78, 5) is 0. The molecule has 0 spiro atoms. The molecule has 3 rings (SSSR count). The molecule has 1 aliphatic rings. The van der Waals surface area contributed by atoms with E-state index in [9.17, 15) is 5.11 Å². The molecule has 0 aliphatic carbocycles. The third-order valence-electron chi connectivity index (χ3n) is 5.60. The third-order valence-corrected chi connectivity index (χ3v) is 5.60. The zero-order valence-electron chi connectivity index (χ0n) is 18.5. The molecule has 0 bridgehead atoms. The lowest BCUT2D eigenvalue weighted by molar-refractivity contribution is 0.107. The molecule has 168 valence electrons. The summed E-state index contributed by atoms with van der Waals surface area (Å²) in [6.07, 6.45) is 13.7. The summed E-state index contributed by atoms with van der Waals surface area (Å²) in [5, 5.41) is 12.7. The molecule has 0 radical (unpaired) electrons. The van der Waals surface area contributed by atoms with E-state index in [4.69, 9.17) is 9.47 Å². The smallest absolute Gasteiger partial charge is 0.127 e. The summed E-state index contributed by atoms with van der Waals surface area (Å²) in [5.41, 5.74) is 1.21. The molecule has 2 aromatic rings. The van der Waals surface area contributed by atoms with Crippen LogP contribution in [0.1, 0.15) is 56.9 Å². The number of hydrogen-bond acceptors (Lipinski definition) is 4. The Hall–Kier alpha value is -2.14. The first-order chi connectivity index (χ1) is 15.3. The summed E-state index contributed by atoms with van der Waals surface area (Å²) >= 11 is 0. The van der Waals surface area contributed by atoms with Gasteiger partial charge in [-0.1, -0.05) is 68.2 Å². The maximum Gasteiger partial charge on any atom is 0.127 e. The standard InChI is InChI=1S/C27H37NO3/c29-25-20-24(28-21-25)22-30-19-11-6-4-2-1-3-5-8-12-23-15-17-27(18-16-23)31-26-13-9-7-10-14-26/h7-10,12-18,24-25,28-29H,1-6,11,19-22H2/b12-8+/t24-,25+/m0/s1. The van der Waals surface area contributed by atoms with E-state index in [0.717, 1.165) is 44.0 Å². The van der Waals surface area contributed by atoms with Gasteiger partial charge in [-0.25, -0.2) is 0 Å². The van der Waals surface area contributed by atoms with Crippen LogP contribution >= 0.6 is 0 Å². The fraction of sp³-hybridized carbons (Fsp3) is 0.481. The Balaban J connectivity index is 1.15. The normalized spacial score (nSPS) is 18.6. The van der Waals surface area contributed by atoms with Crippen molar-refractivity contribution in [3.8, 4) is 11.5 Å². The van der Waals surface area contributed by atoms with Crippen LogP contribution in [0.3, 0.4) is 0 Å². The van der Waals surface area contributed by atoms with Crippen LogP contribution in [0, 0.1) is 0 Å². The lowest BCUT2D eigenvalue weighted by Crippen LogP contribution is -2.26. The van der Waals surface area contributed by atoms with Crippen LogP contribution in [-0.4, -0.2) is 37.0 Å². The first kappa shape index (κ1) is 23.5. The highest BCUT2D eigenvalue weighted by Gasteiger charge is 2.21. The molecule has 1 saturated heterocycles. The maximum atomic E-state index is 9.46. The number of para-hydroxylation sites is 1. The molecule has 2 N–H and O–H groups in total. The molecule has 0 aromatic heterocycles. The van der Waals surface area contributed by atoms with Crippen molar-refractivity contribution in [2.75, 3.05) is 19.8 Å². The van der Waals surface area contributed by atoms with Gasteiger partial charge < -0.3 is 19.9 Å². The Morgan fingerprint density at radius 2 is 1.58 bits per heavy atom. The highest BCUT2D eigenvalue weighted by atomic mass is 16.5. The van der Waals surface area contributed by atoms with Crippen LogP contribution in [0.5, 0.6) is 11.5 Å². The van der Waals surface area contributed by atoms with Gasteiger partial charge in [-0.05, 0) is 55.5 Å². The third kappa shape index (κ3) is 9.69. The van der Waals surface area contributed by atoms with Crippen LogP contribution in [-0.2, 0) is 4.74 Å². The van der Waals surface area contributed by atoms with Crippen molar-refractivity contribution >= 4 is 6.08 Å². The molecule has 0 unspecified atom stereocenters. The Morgan fingerprint density at radius 1 is 0.871 bits per heavy atom. The number of ether oxygens (including phenoxy) is 2. The summed E-state index contributed by atoms with van der Waals surface area (Å²) in [6.45, 7) is 2.28. The van der Waals surface area contributed by atoms with Crippen molar-refractivity contribution in [2.45, 2.75) is 63.5 Å². The van der Waals surface area contributed by atoms with Crippen molar-refractivity contribution in [2.24, 2.45) is 0 Å². The van der Waals surface area contributed by atoms with Crippen molar-refractivity contribution in [3.05, 3.63) is 66.2 Å². The highest BCUT2D eigenvalue weighted by molar-refractivity contribution is 5.50. The minimum absolute atomic E-state index is 0.191. The van der Waals surface area contributed by atoms with E-state index in [0.29, 0.717) is 12.6 Å². The molecule has 31 heavy (non-hydrogen) atoms. The quantitative estimate of drug-likeness (QED) is 0.368. The number of nitrogens with one attached hydrogen (secondary N) is 1. The second kappa shape index (κ2) is 14.0. The zero-order valence-corrected chi connectivity index (χ0v) is 18.5.